The van der Waals surface area contributed by atoms with Crippen LogP contribution in [-0.2, 0) is 0 Å². The number of aromatic nitrogens is 2. The van der Waals surface area contributed by atoms with Crippen molar-refractivity contribution in [2.75, 3.05) is 27.2 Å². The van der Waals surface area contributed by atoms with Crippen molar-refractivity contribution < 1.29 is 4.79 Å². The van der Waals surface area contributed by atoms with Crippen LogP contribution in [0.3, 0.4) is 0 Å². The minimum Gasteiger partial charge on any atom is -0.349 e. The van der Waals surface area contributed by atoms with E-state index < -0.39 is 0 Å². The van der Waals surface area contributed by atoms with Gasteiger partial charge in [-0.25, -0.2) is 4.68 Å². The first-order valence-electron chi connectivity index (χ1n) is 9.53. The van der Waals surface area contributed by atoms with E-state index in [1.165, 1.54) is 11.1 Å². The normalized spacial score (nSPS) is 11.1. The highest BCUT2D eigenvalue weighted by molar-refractivity contribution is 5.94. The highest BCUT2D eigenvalue weighted by Crippen LogP contribution is 2.24. The van der Waals surface area contributed by atoms with Crippen molar-refractivity contribution >= 4 is 5.91 Å². The average Bonchev–Trinajstić information content (AvgIpc) is 3.09. The molecule has 2 aromatic carbocycles. The Labute approximate surface area is 167 Å². The number of hydrogen-bond acceptors (Lipinski definition) is 3. The summed E-state index contributed by atoms with van der Waals surface area (Å²) < 4.78 is 1.74. The predicted molar refractivity (Wildman–Crippen MR) is 114 cm³/mol. The minimum atomic E-state index is -0.120. The monoisotopic (exact) mass is 376 g/mol. The lowest BCUT2D eigenvalue weighted by molar-refractivity contribution is 0.0943. The molecule has 0 saturated heterocycles. The summed E-state index contributed by atoms with van der Waals surface area (Å²) in [4.78, 5) is 14.9. The van der Waals surface area contributed by atoms with Gasteiger partial charge in [0.05, 0.1) is 11.4 Å². The summed E-state index contributed by atoms with van der Waals surface area (Å²) in [5, 5.41) is 7.77. The van der Waals surface area contributed by atoms with E-state index in [2.05, 4.69) is 37.4 Å². The molecule has 1 amide bonds. The lowest BCUT2D eigenvalue weighted by atomic mass is 10.0. The maximum Gasteiger partial charge on any atom is 0.270 e. The van der Waals surface area contributed by atoms with Crippen LogP contribution in [0.4, 0.5) is 0 Å². The Hall–Kier alpha value is -2.92. The fourth-order valence-electron chi connectivity index (χ4n) is 3.02. The fraction of sp³-hybridized carbons (Fsp3) is 0.304. The van der Waals surface area contributed by atoms with Gasteiger partial charge in [0.2, 0.25) is 0 Å². The van der Waals surface area contributed by atoms with Crippen molar-refractivity contribution in [1.82, 2.24) is 20.0 Å². The lowest BCUT2D eigenvalue weighted by Crippen LogP contribution is -2.32. The van der Waals surface area contributed by atoms with Crippen molar-refractivity contribution in [3.63, 3.8) is 0 Å². The maximum atomic E-state index is 12.9. The van der Waals surface area contributed by atoms with Gasteiger partial charge in [-0.2, -0.15) is 5.10 Å². The standard InChI is InChI=1S/C23H28N4O/c1-16-7-6-8-20(13-16)27-22(23(28)24-11-12-26(4)5)15-21(25-27)19-10-9-17(2)18(3)14-19/h6-10,13-15H,11-12H2,1-5H3,(H,24,28). The number of aryl methyl sites for hydroxylation is 3. The Balaban J connectivity index is 2.01. The summed E-state index contributed by atoms with van der Waals surface area (Å²) in [6, 6.07) is 16.2. The lowest BCUT2D eigenvalue weighted by Gasteiger charge is -2.11. The van der Waals surface area contributed by atoms with E-state index >= 15 is 0 Å². The van der Waals surface area contributed by atoms with Gasteiger partial charge in [-0.3, -0.25) is 4.79 Å². The third-order valence-corrected chi connectivity index (χ3v) is 4.84. The highest BCUT2D eigenvalue weighted by atomic mass is 16.2. The summed E-state index contributed by atoms with van der Waals surface area (Å²) >= 11 is 0. The van der Waals surface area contributed by atoms with E-state index in [1.54, 1.807) is 4.68 Å². The van der Waals surface area contributed by atoms with Gasteiger partial charge in [-0.15, -0.1) is 0 Å². The van der Waals surface area contributed by atoms with Gasteiger partial charge < -0.3 is 10.2 Å². The molecule has 3 rings (SSSR count). The molecule has 0 radical (unpaired) electrons. The van der Waals surface area contributed by atoms with Gasteiger partial charge >= 0.3 is 0 Å². The smallest absolute Gasteiger partial charge is 0.270 e. The van der Waals surface area contributed by atoms with E-state index in [0.29, 0.717) is 12.2 Å². The van der Waals surface area contributed by atoms with Gasteiger partial charge in [-0.1, -0.05) is 24.3 Å². The van der Waals surface area contributed by atoms with Gasteiger partial charge in [0, 0.05) is 18.7 Å². The molecule has 3 aromatic rings. The molecule has 1 aromatic heterocycles. The van der Waals surface area contributed by atoms with Gasteiger partial charge in [0.1, 0.15) is 5.69 Å². The molecule has 0 saturated carbocycles. The van der Waals surface area contributed by atoms with Crippen molar-refractivity contribution in [1.29, 1.82) is 0 Å². The topological polar surface area (TPSA) is 50.2 Å². The molecule has 0 bridgehead atoms. The molecule has 5 heteroatoms. The largest absolute Gasteiger partial charge is 0.349 e. The summed E-state index contributed by atoms with van der Waals surface area (Å²) in [5.41, 5.74) is 6.80. The zero-order chi connectivity index (χ0) is 20.3. The van der Waals surface area contributed by atoms with E-state index in [9.17, 15) is 4.79 Å². The van der Waals surface area contributed by atoms with Gasteiger partial charge in [0.25, 0.3) is 5.91 Å². The van der Waals surface area contributed by atoms with Crippen LogP contribution < -0.4 is 5.32 Å². The first-order valence-corrected chi connectivity index (χ1v) is 9.53. The number of likely N-dealkylation sites (N-methyl/N-ethyl adjacent to an activating group) is 1. The summed E-state index contributed by atoms with van der Waals surface area (Å²) in [5.74, 6) is -0.120. The molecule has 0 aliphatic carbocycles. The van der Waals surface area contributed by atoms with Crippen LogP contribution in [0, 0.1) is 20.8 Å². The van der Waals surface area contributed by atoms with E-state index in [0.717, 1.165) is 29.1 Å². The number of carbonyl (C=O) groups excluding carboxylic acids is 1. The first-order chi connectivity index (χ1) is 13.3. The van der Waals surface area contributed by atoms with Crippen molar-refractivity contribution in [2.45, 2.75) is 20.8 Å². The number of rotatable bonds is 6. The van der Waals surface area contributed by atoms with Gasteiger partial charge in [-0.05, 0) is 75.8 Å². The molecule has 0 fully saturated rings. The second-order valence-electron chi connectivity index (χ2n) is 7.52. The molecular weight excluding hydrogens is 348 g/mol. The second-order valence-corrected chi connectivity index (χ2v) is 7.52. The number of nitrogens with zero attached hydrogens (tertiary/aromatic N) is 3. The van der Waals surface area contributed by atoms with Crippen LogP contribution in [0.2, 0.25) is 0 Å². The molecule has 146 valence electrons. The van der Waals surface area contributed by atoms with Crippen LogP contribution in [0.1, 0.15) is 27.2 Å². The molecule has 0 atom stereocenters. The Morgan fingerprint density at radius 2 is 1.82 bits per heavy atom. The molecular formula is C23H28N4O. The number of benzene rings is 2. The molecule has 0 aliphatic rings. The van der Waals surface area contributed by atoms with Crippen LogP contribution in [-0.4, -0.2) is 47.8 Å². The molecule has 1 N–H and O–H groups in total. The summed E-state index contributed by atoms with van der Waals surface area (Å²) in [6.45, 7) is 7.59. The minimum absolute atomic E-state index is 0.120. The molecule has 0 unspecified atom stereocenters. The third-order valence-electron chi connectivity index (χ3n) is 4.84. The zero-order valence-corrected chi connectivity index (χ0v) is 17.3. The van der Waals surface area contributed by atoms with Crippen molar-refractivity contribution in [3.05, 3.63) is 70.9 Å². The van der Waals surface area contributed by atoms with Gasteiger partial charge in [0.15, 0.2) is 0 Å². The van der Waals surface area contributed by atoms with E-state index in [4.69, 9.17) is 5.10 Å². The molecule has 0 aliphatic heterocycles. The maximum absolute atomic E-state index is 12.9. The predicted octanol–water partition coefficient (Wildman–Crippen LogP) is 3.76. The van der Waals surface area contributed by atoms with Crippen LogP contribution >= 0.6 is 0 Å². The zero-order valence-electron chi connectivity index (χ0n) is 17.3. The summed E-state index contributed by atoms with van der Waals surface area (Å²) in [7, 11) is 3.97. The number of carbonyl (C=O) groups is 1. The Kier molecular flexibility index (Phi) is 5.95. The first kappa shape index (κ1) is 19.8. The number of nitrogens with one attached hydrogen (secondary N) is 1. The van der Waals surface area contributed by atoms with Crippen molar-refractivity contribution in [3.8, 4) is 16.9 Å². The van der Waals surface area contributed by atoms with E-state index in [1.807, 2.05) is 56.3 Å². The molecule has 28 heavy (non-hydrogen) atoms. The number of hydrogen-bond donors (Lipinski definition) is 1. The Bertz CT molecular complexity index is 988. The molecule has 5 nitrogen and oxygen atoms in total. The van der Waals surface area contributed by atoms with E-state index in [-0.39, 0.29) is 5.91 Å². The number of amides is 1. The second kappa shape index (κ2) is 8.40. The molecule has 0 spiro atoms. The Morgan fingerprint density at radius 1 is 1.04 bits per heavy atom. The average molecular weight is 377 g/mol. The fourth-order valence-corrected chi connectivity index (χ4v) is 3.02. The van der Waals surface area contributed by atoms with Crippen molar-refractivity contribution in [2.24, 2.45) is 0 Å². The Morgan fingerprint density at radius 3 is 2.50 bits per heavy atom. The summed E-state index contributed by atoms with van der Waals surface area (Å²) in [6.07, 6.45) is 0. The quantitative estimate of drug-likeness (QED) is 0.713. The third kappa shape index (κ3) is 4.49. The highest BCUT2D eigenvalue weighted by Gasteiger charge is 2.18. The van der Waals surface area contributed by atoms with Crippen LogP contribution in [0.5, 0.6) is 0 Å². The van der Waals surface area contributed by atoms with Crippen LogP contribution in [0.15, 0.2) is 48.5 Å². The van der Waals surface area contributed by atoms with Crippen LogP contribution in [0.25, 0.3) is 16.9 Å². The molecule has 1 heterocycles. The SMILES string of the molecule is Cc1cccc(-n2nc(-c3ccc(C)c(C)c3)cc2C(=O)NCCN(C)C)c1.